The first kappa shape index (κ1) is 16.4. The van der Waals surface area contributed by atoms with Crippen molar-refractivity contribution in [3.05, 3.63) is 58.4 Å². The average Bonchev–Trinajstić information content (AvgIpc) is 3.06. The van der Waals surface area contributed by atoms with Crippen LogP contribution in [0.1, 0.15) is 35.7 Å². The topological polar surface area (TPSA) is 46.3 Å². The van der Waals surface area contributed by atoms with E-state index in [0.717, 1.165) is 49.4 Å². The number of aryl methyl sites for hydroxylation is 1. The van der Waals surface area contributed by atoms with E-state index in [0.29, 0.717) is 11.7 Å². The van der Waals surface area contributed by atoms with Crippen LogP contribution in [0.4, 0.5) is 4.39 Å². The summed E-state index contributed by atoms with van der Waals surface area (Å²) in [6, 6.07) is 7.13. The Morgan fingerprint density at radius 3 is 3.04 bits per heavy atom. The lowest BCUT2D eigenvalue weighted by Crippen LogP contribution is -2.34. The highest BCUT2D eigenvalue weighted by Gasteiger charge is 2.24. The van der Waals surface area contributed by atoms with Crippen LogP contribution < -0.4 is 0 Å². The molecule has 2 aromatic heterocycles. The normalized spacial score (nSPS) is 18.8. The van der Waals surface area contributed by atoms with Crippen LogP contribution in [-0.2, 0) is 6.54 Å². The van der Waals surface area contributed by atoms with Crippen molar-refractivity contribution in [1.29, 1.82) is 0 Å². The Bertz CT molecular complexity index is 910. The minimum atomic E-state index is -0.359. The Balaban J connectivity index is 1.56. The summed E-state index contributed by atoms with van der Waals surface area (Å²) in [7, 11) is 0. The van der Waals surface area contributed by atoms with Gasteiger partial charge in [-0.15, -0.1) is 0 Å². The first-order valence-electron chi connectivity index (χ1n) is 8.44. The number of halogens is 2. The summed E-state index contributed by atoms with van der Waals surface area (Å²) in [4.78, 5) is 11.0. The summed E-state index contributed by atoms with van der Waals surface area (Å²) in [5, 5.41) is 4.49. The third-order valence-electron chi connectivity index (χ3n) is 4.72. The Labute approximate surface area is 150 Å². The predicted octanol–water partition coefficient (Wildman–Crippen LogP) is 3.60. The number of likely N-dealkylation sites (tertiary alicyclic amines) is 1. The molecule has 0 spiro atoms. The van der Waals surface area contributed by atoms with Crippen LogP contribution in [-0.4, -0.2) is 37.6 Å². The van der Waals surface area contributed by atoms with Crippen LogP contribution in [0.15, 0.2) is 30.6 Å². The highest BCUT2D eigenvalue weighted by atomic mass is 35.5. The SMILES string of the molecule is Cc1cc([C@H]2CCCN(Cc3ccc(Cl)c(F)c3)C2)n2ncnc2n1. The van der Waals surface area contributed by atoms with E-state index in [9.17, 15) is 4.39 Å². The number of rotatable bonds is 3. The first-order chi connectivity index (χ1) is 12.1. The summed E-state index contributed by atoms with van der Waals surface area (Å²) in [6.07, 6.45) is 3.74. The number of piperidine rings is 1. The molecule has 0 N–H and O–H groups in total. The van der Waals surface area contributed by atoms with Crippen molar-refractivity contribution < 1.29 is 4.39 Å². The summed E-state index contributed by atoms with van der Waals surface area (Å²) in [6.45, 7) is 4.61. The van der Waals surface area contributed by atoms with Gasteiger partial charge in [-0.3, -0.25) is 4.90 Å². The van der Waals surface area contributed by atoms with E-state index in [1.165, 1.54) is 6.07 Å². The fourth-order valence-corrected chi connectivity index (χ4v) is 3.70. The molecule has 1 atom stereocenters. The zero-order chi connectivity index (χ0) is 17.4. The van der Waals surface area contributed by atoms with E-state index >= 15 is 0 Å². The molecule has 3 aromatic rings. The predicted molar refractivity (Wildman–Crippen MR) is 94.2 cm³/mol. The maximum absolute atomic E-state index is 13.7. The molecule has 0 unspecified atom stereocenters. The average molecular weight is 360 g/mol. The summed E-state index contributed by atoms with van der Waals surface area (Å²) >= 11 is 5.78. The van der Waals surface area contributed by atoms with Crippen LogP contribution in [0.3, 0.4) is 0 Å². The van der Waals surface area contributed by atoms with Crippen molar-refractivity contribution in [1.82, 2.24) is 24.5 Å². The number of aromatic nitrogens is 4. The van der Waals surface area contributed by atoms with Gasteiger partial charge in [0.25, 0.3) is 5.78 Å². The highest BCUT2D eigenvalue weighted by Crippen LogP contribution is 2.28. The van der Waals surface area contributed by atoms with E-state index in [1.54, 1.807) is 12.4 Å². The molecule has 0 amide bonds. The van der Waals surface area contributed by atoms with Crippen LogP contribution >= 0.6 is 11.6 Å². The number of fused-ring (bicyclic) bond motifs is 1. The molecule has 0 saturated carbocycles. The van der Waals surface area contributed by atoms with Gasteiger partial charge in [-0.05, 0) is 50.1 Å². The van der Waals surface area contributed by atoms with E-state index < -0.39 is 0 Å². The third-order valence-corrected chi connectivity index (χ3v) is 5.03. The Morgan fingerprint density at radius 1 is 1.32 bits per heavy atom. The molecular formula is C18H19ClFN5. The van der Waals surface area contributed by atoms with Gasteiger partial charge < -0.3 is 0 Å². The van der Waals surface area contributed by atoms with Crippen molar-refractivity contribution in [2.75, 3.05) is 13.1 Å². The number of nitrogens with zero attached hydrogens (tertiary/aromatic N) is 5. The molecule has 1 aromatic carbocycles. The lowest BCUT2D eigenvalue weighted by molar-refractivity contribution is 0.197. The second-order valence-electron chi connectivity index (χ2n) is 6.62. The molecule has 0 bridgehead atoms. The van der Waals surface area contributed by atoms with Crippen LogP contribution in [0, 0.1) is 12.7 Å². The lowest BCUT2D eigenvalue weighted by atomic mass is 9.93. The molecule has 130 valence electrons. The lowest BCUT2D eigenvalue weighted by Gasteiger charge is -2.33. The molecule has 3 heterocycles. The van der Waals surface area contributed by atoms with Crippen molar-refractivity contribution in [2.24, 2.45) is 0 Å². The van der Waals surface area contributed by atoms with Gasteiger partial charge in [0.1, 0.15) is 12.1 Å². The molecule has 7 heteroatoms. The van der Waals surface area contributed by atoms with E-state index in [4.69, 9.17) is 11.6 Å². The molecule has 0 aliphatic carbocycles. The van der Waals surface area contributed by atoms with Gasteiger partial charge in [-0.2, -0.15) is 10.1 Å². The standard InChI is InChI=1S/C18H19ClFN5/c1-12-7-17(25-18(23-12)21-11-22-25)14-3-2-6-24(10-14)9-13-4-5-15(19)16(20)8-13/h4-5,7-8,11,14H,2-3,6,9-10H2,1H3/t14-/m0/s1. The second-order valence-corrected chi connectivity index (χ2v) is 7.02. The molecule has 1 aliphatic rings. The van der Waals surface area contributed by atoms with Crippen molar-refractivity contribution >= 4 is 17.4 Å². The molecule has 1 aliphatic heterocycles. The van der Waals surface area contributed by atoms with Crippen molar-refractivity contribution in [2.45, 2.75) is 32.2 Å². The molecule has 1 fully saturated rings. The fourth-order valence-electron chi connectivity index (χ4n) is 3.59. The van der Waals surface area contributed by atoms with Gasteiger partial charge in [0.2, 0.25) is 0 Å². The maximum atomic E-state index is 13.7. The zero-order valence-corrected chi connectivity index (χ0v) is 14.7. The van der Waals surface area contributed by atoms with Gasteiger partial charge in [0.05, 0.1) is 10.7 Å². The molecule has 5 nitrogen and oxygen atoms in total. The summed E-state index contributed by atoms with van der Waals surface area (Å²) in [5.74, 6) is 0.644. The second kappa shape index (κ2) is 6.69. The van der Waals surface area contributed by atoms with Crippen LogP contribution in [0.2, 0.25) is 5.02 Å². The number of hydrogen-bond donors (Lipinski definition) is 0. The summed E-state index contributed by atoms with van der Waals surface area (Å²) in [5.41, 5.74) is 3.04. The highest BCUT2D eigenvalue weighted by molar-refractivity contribution is 6.30. The van der Waals surface area contributed by atoms with E-state index in [1.807, 2.05) is 17.5 Å². The van der Waals surface area contributed by atoms with Crippen LogP contribution in [0.5, 0.6) is 0 Å². The first-order valence-corrected chi connectivity index (χ1v) is 8.81. The molecule has 25 heavy (non-hydrogen) atoms. The fraction of sp³-hybridized carbons (Fsp3) is 0.389. The van der Waals surface area contributed by atoms with Gasteiger partial charge >= 0.3 is 0 Å². The smallest absolute Gasteiger partial charge is 0.252 e. The van der Waals surface area contributed by atoms with Gasteiger partial charge in [0.15, 0.2) is 0 Å². The summed E-state index contributed by atoms with van der Waals surface area (Å²) < 4.78 is 15.5. The minimum absolute atomic E-state index is 0.168. The molecule has 0 radical (unpaired) electrons. The molecule has 1 saturated heterocycles. The monoisotopic (exact) mass is 359 g/mol. The Morgan fingerprint density at radius 2 is 2.20 bits per heavy atom. The zero-order valence-electron chi connectivity index (χ0n) is 14.0. The van der Waals surface area contributed by atoms with Gasteiger partial charge in [-0.25, -0.2) is 13.9 Å². The number of benzene rings is 1. The van der Waals surface area contributed by atoms with Gasteiger partial charge in [-0.1, -0.05) is 17.7 Å². The largest absolute Gasteiger partial charge is 0.298 e. The van der Waals surface area contributed by atoms with E-state index in [2.05, 4.69) is 26.0 Å². The maximum Gasteiger partial charge on any atom is 0.252 e. The van der Waals surface area contributed by atoms with Crippen LogP contribution in [0.25, 0.3) is 5.78 Å². The quantitative estimate of drug-likeness (QED) is 0.716. The van der Waals surface area contributed by atoms with E-state index in [-0.39, 0.29) is 10.8 Å². The Hall–Kier alpha value is -2.05. The third kappa shape index (κ3) is 3.37. The van der Waals surface area contributed by atoms with Gasteiger partial charge in [0, 0.05) is 24.7 Å². The minimum Gasteiger partial charge on any atom is -0.298 e. The number of hydrogen-bond acceptors (Lipinski definition) is 4. The molecule has 4 rings (SSSR count). The Kier molecular flexibility index (Phi) is 4.39. The van der Waals surface area contributed by atoms with Crippen molar-refractivity contribution in [3.63, 3.8) is 0 Å². The molecular weight excluding hydrogens is 341 g/mol. The van der Waals surface area contributed by atoms with Crippen molar-refractivity contribution in [3.8, 4) is 0 Å².